The number of nitrogens with one attached hydrogen (secondary N) is 2. The molecule has 2 aromatic carbocycles. The number of furan rings is 1. The quantitative estimate of drug-likeness (QED) is 0.617. The Morgan fingerprint density at radius 3 is 2.31 bits per heavy atom. The lowest BCUT2D eigenvalue weighted by molar-refractivity contribution is 0.102. The van der Waals surface area contributed by atoms with Gasteiger partial charge >= 0.3 is 0 Å². The topological polar surface area (TPSA) is 88.4 Å². The number of hydrogen-bond donors (Lipinski definition) is 2. The maximum absolute atomic E-state index is 12.3. The molecule has 0 spiro atoms. The van der Waals surface area contributed by atoms with Crippen molar-refractivity contribution < 1.29 is 17.6 Å². The lowest BCUT2D eigenvalue weighted by Crippen LogP contribution is -2.23. The van der Waals surface area contributed by atoms with Crippen LogP contribution in [0.25, 0.3) is 0 Å². The fourth-order valence-corrected chi connectivity index (χ4v) is 3.44. The smallest absolute Gasteiger partial charge is 0.255 e. The fourth-order valence-electron chi connectivity index (χ4n) is 2.18. The minimum Gasteiger partial charge on any atom is -0.468 e. The zero-order chi connectivity index (χ0) is 18.6. The van der Waals surface area contributed by atoms with Crippen molar-refractivity contribution in [3.63, 3.8) is 0 Å². The highest BCUT2D eigenvalue weighted by molar-refractivity contribution is 9.10. The van der Waals surface area contributed by atoms with E-state index in [2.05, 4.69) is 26.0 Å². The molecule has 0 aliphatic carbocycles. The van der Waals surface area contributed by atoms with Gasteiger partial charge in [0.2, 0.25) is 10.0 Å². The Morgan fingerprint density at radius 2 is 1.69 bits per heavy atom. The van der Waals surface area contributed by atoms with Gasteiger partial charge in [0.05, 0.1) is 17.7 Å². The van der Waals surface area contributed by atoms with E-state index in [1.165, 1.54) is 30.5 Å². The van der Waals surface area contributed by atoms with E-state index in [1.54, 1.807) is 24.3 Å². The predicted octanol–water partition coefficient (Wildman–Crippen LogP) is 3.77. The molecule has 1 amide bonds. The number of carbonyl (C=O) groups excluding carboxylic acids is 1. The van der Waals surface area contributed by atoms with Gasteiger partial charge in [0.25, 0.3) is 5.91 Å². The van der Waals surface area contributed by atoms with E-state index >= 15 is 0 Å². The molecule has 6 nitrogen and oxygen atoms in total. The highest BCUT2D eigenvalue weighted by atomic mass is 79.9. The van der Waals surface area contributed by atoms with Crippen LogP contribution in [0.4, 0.5) is 5.69 Å². The first-order chi connectivity index (χ1) is 12.4. The van der Waals surface area contributed by atoms with Crippen molar-refractivity contribution in [3.8, 4) is 0 Å². The summed E-state index contributed by atoms with van der Waals surface area (Å²) in [7, 11) is -3.69. The molecule has 0 aliphatic rings. The zero-order valence-corrected chi connectivity index (χ0v) is 15.9. The lowest BCUT2D eigenvalue weighted by atomic mass is 10.2. The first-order valence-corrected chi connectivity index (χ1v) is 9.91. The first-order valence-electron chi connectivity index (χ1n) is 7.63. The number of hydrogen-bond acceptors (Lipinski definition) is 4. The summed E-state index contributed by atoms with van der Waals surface area (Å²) in [6.07, 6.45) is 1.47. The molecular formula is C18H15BrN2O4S. The number of carbonyl (C=O) groups is 1. The number of benzene rings is 2. The molecule has 26 heavy (non-hydrogen) atoms. The number of amides is 1. The number of rotatable bonds is 6. The van der Waals surface area contributed by atoms with Gasteiger partial charge in [0.15, 0.2) is 0 Å². The van der Waals surface area contributed by atoms with Crippen molar-refractivity contribution in [2.75, 3.05) is 5.32 Å². The molecule has 1 heterocycles. The van der Waals surface area contributed by atoms with Crippen molar-refractivity contribution in [1.82, 2.24) is 4.72 Å². The Kier molecular flexibility index (Phi) is 5.55. The Balaban J connectivity index is 1.67. The van der Waals surface area contributed by atoms with Crippen LogP contribution in [0.3, 0.4) is 0 Å². The molecule has 0 bridgehead atoms. The summed E-state index contributed by atoms with van der Waals surface area (Å²) < 4.78 is 33.0. The minimum absolute atomic E-state index is 0.0567. The van der Waals surface area contributed by atoms with E-state index in [9.17, 15) is 13.2 Å². The van der Waals surface area contributed by atoms with Crippen LogP contribution in [0, 0.1) is 0 Å². The molecule has 2 N–H and O–H groups in total. The van der Waals surface area contributed by atoms with Gasteiger partial charge in [-0.15, -0.1) is 0 Å². The fraction of sp³-hybridized carbons (Fsp3) is 0.0556. The summed E-state index contributed by atoms with van der Waals surface area (Å²) in [4.78, 5) is 12.3. The zero-order valence-electron chi connectivity index (χ0n) is 13.5. The Hall–Kier alpha value is -2.42. The summed E-state index contributed by atoms with van der Waals surface area (Å²) in [5, 5.41) is 2.75. The number of sulfonamides is 1. The van der Waals surface area contributed by atoms with E-state index in [4.69, 9.17) is 4.42 Å². The van der Waals surface area contributed by atoms with Gasteiger partial charge < -0.3 is 9.73 Å². The van der Waals surface area contributed by atoms with Crippen molar-refractivity contribution >= 4 is 37.5 Å². The van der Waals surface area contributed by atoms with E-state index in [-0.39, 0.29) is 17.3 Å². The average Bonchev–Trinajstić information content (AvgIpc) is 3.16. The molecule has 0 saturated heterocycles. The van der Waals surface area contributed by atoms with E-state index < -0.39 is 10.0 Å². The van der Waals surface area contributed by atoms with Gasteiger partial charge in [0.1, 0.15) is 5.76 Å². The van der Waals surface area contributed by atoms with Crippen LogP contribution in [-0.2, 0) is 16.6 Å². The van der Waals surface area contributed by atoms with Crippen LogP contribution in [-0.4, -0.2) is 14.3 Å². The molecule has 0 atom stereocenters. The van der Waals surface area contributed by atoms with Crippen LogP contribution in [0.1, 0.15) is 16.1 Å². The average molecular weight is 435 g/mol. The van der Waals surface area contributed by atoms with Gasteiger partial charge in [-0.3, -0.25) is 4.79 Å². The summed E-state index contributed by atoms with van der Waals surface area (Å²) in [5.41, 5.74) is 1.01. The van der Waals surface area contributed by atoms with Gasteiger partial charge in [0, 0.05) is 15.7 Å². The highest BCUT2D eigenvalue weighted by Gasteiger charge is 2.15. The molecular weight excluding hydrogens is 420 g/mol. The molecule has 3 rings (SSSR count). The van der Waals surface area contributed by atoms with Crippen molar-refractivity contribution in [3.05, 3.63) is 82.7 Å². The molecule has 134 valence electrons. The highest BCUT2D eigenvalue weighted by Crippen LogP contribution is 2.16. The first kappa shape index (κ1) is 18.4. The van der Waals surface area contributed by atoms with Crippen molar-refractivity contribution in [2.45, 2.75) is 11.4 Å². The Bertz CT molecular complexity index is 983. The monoisotopic (exact) mass is 434 g/mol. The lowest BCUT2D eigenvalue weighted by Gasteiger charge is -2.08. The molecule has 0 radical (unpaired) electrons. The maximum Gasteiger partial charge on any atom is 0.255 e. The van der Waals surface area contributed by atoms with E-state index in [0.29, 0.717) is 17.0 Å². The van der Waals surface area contributed by atoms with Crippen molar-refractivity contribution in [1.29, 1.82) is 0 Å². The van der Waals surface area contributed by atoms with Crippen LogP contribution in [0.5, 0.6) is 0 Å². The molecule has 8 heteroatoms. The summed E-state index contributed by atoms with van der Waals surface area (Å²) >= 11 is 3.33. The van der Waals surface area contributed by atoms with Crippen molar-refractivity contribution in [2.24, 2.45) is 0 Å². The van der Waals surface area contributed by atoms with Crippen LogP contribution in [0.15, 0.2) is 80.7 Å². The third kappa shape index (κ3) is 4.60. The van der Waals surface area contributed by atoms with E-state index in [1.807, 2.05) is 12.1 Å². The van der Waals surface area contributed by atoms with Crippen LogP contribution < -0.4 is 10.0 Å². The van der Waals surface area contributed by atoms with Gasteiger partial charge in [-0.25, -0.2) is 13.1 Å². The van der Waals surface area contributed by atoms with Crippen LogP contribution >= 0.6 is 15.9 Å². The van der Waals surface area contributed by atoms with Crippen LogP contribution in [0.2, 0.25) is 0 Å². The normalized spacial score (nSPS) is 11.3. The molecule has 0 fully saturated rings. The minimum atomic E-state index is -3.69. The molecule has 0 saturated carbocycles. The van der Waals surface area contributed by atoms with Gasteiger partial charge in [-0.05, 0) is 60.7 Å². The number of anilines is 1. The Morgan fingerprint density at radius 1 is 1.00 bits per heavy atom. The molecule has 3 aromatic rings. The standard InChI is InChI=1S/C18H15BrN2O4S/c19-14-5-7-15(8-6-14)21-18(22)13-3-9-17(10-4-13)26(23,24)20-12-16-2-1-11-25-16/h1-11,20H,12H2,(H,21,22). The SMILES string of the molecule is O=C(Nc1ccc(Br)cc1)c1ccc(S(=O)(=O)NCc2ccco2)cc1. The summed E-state index contributed by atoms with van der Waals surface area (Å²) in [6.45, 7) is 0.0567. The van der Waals surface area contributed by atoms with Gasteiger partial charge in [-0.1, -0.05) is 15.9 Å². The largest absolute Gasteiger partial charge is 0.468 e. The maximum atomic E-state index is 12.3. The molecule has 1 aromatic heterocycles. The Labute approximate surface area is 159 Å². The predicted molar refractivity (Wildman–Crippen MR) is 101 cm³/mol. The third-order valence-corrected chi connectivity index (χ3v) is 5.49. The molecule has 0 unspecified atom stereocenters. The summed E-state index contributed by atoms with van der Waals surface area (Å²) in [5.74, 6) is 0.193. The third-order valence-electron chi connectivity index (χ3n) is 3.55. The number of halogens is 1. The van der Waals surface area contributed by atoms with E-state index in [0.717, 1.165) is 4.47 Å². The molecule has 0 aliphatic heterocycles. The second-order valence-corrected chi connectivity index (χ2v) is 8.07. The second-order valence-electron chi connectivity index (χ2n) is 5.39. The summed E-state index contributed by atoms with van der Waals surface area (Å²) in [6, 6.07) is 16.2. The van der Waals surface area contributed by atoms with Gasteiger partial charge in [-0.2, -0.15) is 0 Å². The second kappa shape index (κ2) is 7.86.